The number of carboxylic acid groups (broad SMARTS) is 1. The van der Waals surface area contributed by atoms with Gasteiger partial charge in [-0.1, -0.05) is 61.3 Å². The minimum atomic E-state index is -0.965. The van der Waals surface area contributed by atoms with Crippen molar-refractivity contribution in [2.24, 2.45) is 0 Å². The van der Waals surface area contributed by atoms with Crippen LogP contribution in [0.4, 0.5) is 4.39 Å². The van der Waals surface area contributed by atoms with Crippen LogP contribution in [-0.4, -0.2) is 33.7 Å². The molecule has 0 fully saturated rings. The lowest BCUT2D eigenvalue weighted by Gasteiger charge is -2.28. The molecule has 3 aromatic carbocycles. The summed E-state index contributed by atoms with van der Waals surface area (Å²) in [6.45, 7) is 2.18. The third-order valence-corrected chi connectivity index (χ3v) is 6.58. The summed E-state index contributed by atoms with van der Waals surface area (Å²) in [7, 11) is 0. The Morgan fingerprint density at radius 3 is 2.42 bits per heavy atom. The predicted octanol–water partition coefficient (Wildman–Crippen LogP) is 6.28. The number of H-pyrrole nitrogens is 1. The van der Waals surface area contributed by atoms with E-state index >= 15 is 0 Å². The number of aliphatic carboxylic acids is 1. The monoisotopic (exact) mass is 507 g/mol. The third-order valence-electron chi connectivity index (χ3n) is 6.33. The smallest absolute Gasteiger partial charge is 0.305 e. The van der Waals surface area contributed by atoms with Crippen molar-refractivity contribution < 1.29 is 19.1 Å². The number of para-hydroxylation sites is 1. The van der Waals surface area contributed by atoms with Crippen LogP contribution in [0.3, 0.4) is 0 Å². The summed E-state index contributed by atoms with van der Waals surface area (Å²) in [4.78, 5) is 23.1. The number of amides is 1. The number of rotatable bonds is 10. The van der Waals surface area contributed by atoms with Crippen LogP contribution < -0.4 is 5.32 Å². The summed E-state index contributed by atoms with van der Waals surface area (Å²) in [6.07, 6.45) is 1.61. The Bertz CT molecular complexity index is 1350. The minimum absolute atomic E-state index is 0.00668. The SMILES string of the molecule is CCCC(c1ccc(C(=O)NCCC(=O)O)cc1)C(c1ccc(Cl)cc1)c1[nH]nc2c(F)cccc12. The zero-order valence-electron chi connectivity index (χ0n) is 19.8. The highest BCUT2D eigenvalue weighted by Gasteiger charge is 2.29. The second kappa shape index (κ2) is 11.4. The number of benzene rings is 3. The van der Waals surface area contributed by atoms with Gasteiger partial charge >= 0.3 is 5.97 Å². The van der Waals surface area contributed by atoms with E-state index in [2.05, 4.69) is 22.4 Å². The molecule has 1 amide bonds. The van der Waals surface area contributed by atoms with E-state index in [0.29, 0.717) is 16.1 Å². The van der Waals surface area contributed by atoms with Crippen molar-refractivity contribution in [3.8, 4) is 0 Å². The number of nitrogens with zero attached hydrogens (tertiary/aromatic N) is 1. The van der Waals surface area contributed by atoms with Crippen LogP contribution in [0.1, 0.15) is 65.2 Å². The number of carboxylic acids is 1. The molecule has 3 N–H and O–H groups in total. The number of aromatic nitrogens is 2. The highest BCUT2D eigenvalue weighted by Crippen LogP contribution is 2.43. The number of carbonyl (C=O) groups excluding carboxylic acids is 1. The van der Waals surface area contributed by atoms with Gasteiger partial charge in [-0.25, -0.2) is 4.39 Å². The zero-order chi connectivity index (χ0) is 25.7. The lowest BCUT2D eigenvalue weighted by molar-refractivity contribution is -0.136. The molecule has 0 saturated heterocycles. The van der Waals surface area contributed by atoms with Gasteiger partial charge in [0.2, 0.25) is 0 Å². The van der Waals surface area contributed by atoms with Gasteiger partial charge in [0.25, 0.3) is 5.91 Å². The van der Waals surface area contributed by atoms with E-state index in [1.165, 1.54) is 6.07 Å². The van der Waals surface area contributed by atoms with E-state index in [0.717, 1.165) is 35.0 Å². The Balaban J connectivity index is 1.73. The van der Waals surface area contributed by atoms with Crippen LogP contribution in [-0.2, 0) is 4.79 Å². The Morgan fingerprint density at radius 2 is 1.75 bits per heavy atom. The minimum Gasteiger partial charge on any atom is -0.481 e. The average molecular weight is 508 g/mol. The van der Waals surface area contributed by atoms with Crippen molar-refractivity contribution in [1.82, 2.24) is 15.5 Å². The number of aromatic amines is 1. The summed E-state index contributed by atoms with van der Waals surface area (Å²) < 4.78 is 14.5. The molecule has 0 bridgehead atoms. The fourth-order valence-electron chi connectivity index (χ4n) is 4.63. The maximum absolute atomic E-state index is 14.5. The van der Waals surface area contributed by atoms with Crippen molar-refractivity contribution >= 4 is 34.4 Å². The molecule has 1 aromatic heterocycles. The van der Waals surface area contributed by atoms with Crippen LogP contribution in [0.2, 0.25) is 5.02 Å². The Hall–Kier alpha value is -3.71. The Morgan fingerprint density at radius 1 is 1.06 bits per heavy atom. The molecule has 2 unspecified atom stereocenters. The molecule has 186 valence electrons. The zero-order valence-corrected chi connectivity index (χ0v) is 20.6. The molecule has 0 spiro atoms. The van der Waals surface area contributed by atoms with Crippen LogP contribution in [0.25, 0.3) is 10.9 Å². The fourth-order valence-corrected chi connectivity index (χ4v) is 4.76. The van der Waals surface area contributed by atoms with Gasteiger partial charge in [-0.3, -0.25) is 14.7 Å². The van der Waals surface area contributed by atoms with Gasteiger partial charge in [-0.05, 0) is 53.8 Å². The maximum Gasteiger partial charge on any atom is 0.305 e. The van der Waals surface area contributed by atoms with Gasteiger partial charge in [-0.15, -0.1) is 0 Å². The summed E-state index contributed by atoms with van der Waals surface area (Å²) >= 11 is 6.18. The number of halogens is 2. The van der Waals surface area contributed by atoms with Crippen LogP contribution in [0, 0.1) is 5.82 Å². The van der Waals surface area contributed by atoms with E-state index in [1.54, 1.807) is 18.2 Å². The molecule has 2 atom stereocenters. The molecular formula is C28H27ClFN3O3. The van der Waals surface area contributed by atoms with E-state index in [-0.39, 0.29) is 36.5 Å². The van der Waals surface area contributed by atoms with Crippen molar-refractivity contribution in [2.45, 2.75) is 38.0 Å². The molecule has 0 aliphatic rings. The van der Waals surface area contributed by atoms with Crippen molar-refractivity contribution in [2.75, 3.05) is 6.54 Å². The molecule has 1 heterocycles. The molecule has 0 saturated carbocycles. The fraction of sp³-hybridized carbons (Fsp3) is 0.250. The quantitative estimate of drug-likeness (QED) is 0.235. The molecule has 4 rings (SSSR count). The van der Waals surface area contributed by atoms with Crippen LogP contribution in [0.15, 0.2) is 66.7 Å². The lowest BCUT2D eigenvalue weighted by atomic mass is 9.76. The summed E-state index contributed by atoms with van der Waals surface area (Å²) in [5, 5.41) is 20.1. The number of hydrogen-bond donors (Lipinski definition) is 3. The first-order chi connectivity index (χ1) is 17.4. The highest BCUT2D eigenvalue weighted by atomic mass is 35.5. The standard InChI is InChI=1S/C28H27ClFN3O3/c1-2-4-21(17-7-9-19(10-8-17)28(36)31-16-15-24(34)35)25(18-11-13-20(29)14-12-18)27-22-5-3-6-23(30)26(22)32-33-27/h3,5-14,21,25H,2,4,15-16H2,1H3,(H,31,36)(H,32,33)(H,34,35). The number of hydrogen-bond acceptors (Lipinski definition) is 3. The molecule has 0 radical (unpaired) electrons. The maximum atomic E-state index is 14.5. The second-order valence-electron chi connectivity index (χ2n) is 8.72. The molecule has 36 heavy (non-hydrogen) atoms. The van der Waals surface area contributed by atoms with Gasteiger partial charge in [-0.2, -0.15) is 5.10 Å². The first-order valence-electron chi connectivity index (χ1n) is 11.9. The van der Waals surface area contributed by atoms with Crippen LogP contribution in [0.5, 0.6) is 0 Å². The van der Waals surface area contributed by atoms with Gasteiger partial charge in [0.1, 0.15) is 5.52 Å². The predicted molar refractivity (Wildman–Crippen MR) is 138 cm³/mol. The van der Waals surface area contributed by atoms with Gasteiger partial charge < -0.3 is 10.4 Å². The first-order valence-corrected chi connectivity index (χ1v) is 12.2. The van der Waals surface area contributed by atoms with E-state index < -0.39 is 5.97 Å². The Labute approximate surface area is 213 Å². The van der Waals surface area contributed by atoms with Gasteiger partial charge in [0.15, 0.2) is 5.82 Å². The number of nitrogens with one attached hydrogen (secondary N) is 2. The third kappa shape index (κ3) is 5.57. The van der Waals surface area contributed by atoms with Crippen molar-refractivity contribution in [3.63, 3.8) is 0 Å². The lowest BCUT2D eigenvalue weighted by Crippen LogP contribution is -2.26. The number of carbonyl (C=O) groups is 2. The first kappa shape index (κ1) is 25.4. The molecule has 4 aromatic rings. The summed E-state index contributed by atoms with van der Waals surface area (Å²) in [5.41, 5.74) is 3.62. The van der Waals surface area contributed by atoms with Gasteiger partial charge in [0, 0.05) is 28.4 Å². The normalized spacial score (nSPS) is 12.9. The average Bonchev–Trinajstić information content (AvgIpc) is 3.30. The molecular weight excluding hydrogens is 481 g/mol. The molecule has 6 nitrogen and oxygen atoms in total. The molecule has 0 aliphatic heterocycles. The highest BCUT2D eigenvalue weighted by molar-refractivity contribution is 6.30. The topological polar surface area (TPSA) is 95.1 Å². The van der Waals surface area contributed by atoms with E-state index in [9.17, 15) is 14.0 Å². The summed E-state index contributed by atoms with van der Waals surface area (Å²) in [6, 6.07) is 19.9. The second-order valence-corrected chi connectivity index (χ2v) is 9.16. The Kier molecular flexibility index (Phi) is 8.00. The summed E-state index contributed by atoms with van der Waals surface area (Å²) in [5.74, 6) is -1.82. The van der Waals surface area contributed by atoms with E-state index in [4.69, 9.17) is 16.7 Å². The molecule has 8 heteroatoms. The van der Waals surface area contributed by atoms with E-state index in [1.807, 2.05) is 42.5 Å². The van der Waals surface area contributed by atoms with Gasteiger partial charge in [0.05, 0.1) is 12.1 Å². The van der Waals surface area contributed by atoms with Crippen molar-refractivity contribution in [1.29, 1.82) is 0 Å². The van der Waals surface area contributed by atoms with Crippen molar-refractivity contribution in [3.05, 3.63) is 100.0 Å². The van der Waals surface area contributed by atoms with Crippen LogP contribution >= 0.6 is 11.6 Å². The molecule has 0 aliphatic carbocycles. The number of fused-ring (bicyclic) bond motifs is 1. The largest absolute Gasteiger partial charge is 0.481 e.